The largest absolute Gasteiger partial charge is 0.480 e. The molecule has 0 aliphatic heterocycles. The number of hydrogen-bond acceptors (Lipinski definition) is 3. The fourth-order valence-electron chi connectivity index (χ4n) is 0.506. The Balaban J connectivity index is 3.08. The molecule has 0 bridgehead atoms. The Hall–Kier alpha value is -1.45. The number of furan rings is 1. The zero-order valence-corrected chi connectivity index (χ0v) is 4.59. The normalized spacial score (nSPS) is 9.33. The average Bonchev–Trinajstić information content (AvgIpc) is 2.13. The van der Waals surface area contributed by atoms with Crippen LogP contribution in [0.2, 0.25) is 0 Å². The molecule has 0 saturated heterocycles. The SMILES string of the molecule is N=C(N)c1ccoc1O. The standard InChI is InChI=1S/C5H6N2O2/c6-4(7)3-1-2-9-5(3)8/h1-2,8H,(H3,6,7). The molecule has 0 unspecified atom stereocenters. The molecule has 0 atom stereocenters. The lowest BCUT2D eigenvalue weighted by Crippen LogP contribution is -2.09. The molecule has 0 aliphatic carbocycles. The van der Waals surface area contributed by atoms with Crippen LogP contribution >= 0.6 is 0 Å². The van der Waals surface area contributed by atoms with E-state index in [1.165, 1.54) is 12.3 Å². The fraction of sp³-hybridized carbons (Fsp3) is 0. The molecule has 0 saturated carbocycles. The van der Waals surface area contributed by atoms with Gasteiger partial charge in [0.15, 0.2) is 0 Å². The van der Waals surface area contributed by atoms with Crippen molar-refractivity contribution in [2.24, 2.45) is 5.73 Å². The van der Waals surface area contributed by atoms with Crippen molar-refractivity contribution in [3.05, 3.63) is 17.9 Å². The number of hydrogen-bond donors (Lipinski definition) is 3. The van der Waals surface area contributed by atoms with E-state index in [0.29, 0.717) is 0 Å². The first-order valence-electron chi connectivity index (χ1n) is 2.32. The van der Waals surface area contributed by atoms with Crippen molar-refractivity contribution in [1.82, 2.24) is 0 Å². The van der Waals surface area contributed by atoms with Gasteiger partial charge in [0.05, 0.1) is 11.8 Å². The fourth-order valence-corrected chi connectivity index (χ4v) is 0.506. The Labute approximate surface area is 51.4 Å². The Morgan fingerprint density at radius 2 is 2.44 bits per heavy atom. The Morgan fingerprint density at radius 3 is 2.67 bits per heavy atom. The van der Waals surface area contributed by atoms with Crippen molar-refractivity contribution < 1.29 is 9.52 Å². The maximum Gasteiger partial charge on any atom is 0.293 e. The monoisotopic (exact) mass is 126 g/mol. The summed E-state index contributed by atoms with van der Waals surface area (Å²) in [5.41, 5.74) is 5.25. The molecule has 0 aliphatic rings. The van der Waals surface area contributed by atoms with Crippen molar-refractivity contribution in [1.29, 1.82) is 5.41 Å². The van der Waals surface area contributed by atoms with Crippen LogP contribution < -0.4 is 5.73 Å². The predicted molar refractivity (Wildman–Crippen MR) is 31.4 cm³/mol. The lowest BCUT2D eigenvalue weighted by Gasteiger charge is -1.88. The quantitative estimate of drug-likeness (QED) is 0.373. The van der Waals surface area contributed by atoms with Gasteiger partial charge < -0.3 is 15.3 Å². The van der Waals surface area contributed by atoms with Gasteiger partial charge >= 0.3 is 0 Å². The Morgan fingerprint density at radius 1 is 1.78 bits per heavy atom. The summed E-state index contributed by atoms with van der Waals surface area (Å²) in [5, 5.41) is 15.6. The van der Waals surface area contributed by atoms with Crippen molar-refractivity contribution in [2.45, 2.75) is 0 Å². The summed E-state index contributed by atoms with van der Waals surface area (Å²) in [7, 11) is 0. The highest BCUT2D eigenvalue weighted by molar-refractivity contribution is 5.96. The highest BCUT2D eigenvalue weighted by Gasteiger charge is 2.04. The predicted octanol–water partition coefficient (Wildman–Crippen LogP) is 0.269. The van der Waals surface area contributed by atoms with E-state index in [-0.39, 0.29) is 17.3 Å². The molecule has 0 radical (unpaired) electrons. The summed E-state index contributed by atoms with van der Waals surface area (Å²) in [6.07, 6.45) is 1.27. The second-order valence-corrected chi connectivity index (χ2v) is 1.55. The van der Waals surface area contributed by atoms with E-state index in [4.69, 9.17) is 16.2 Å². The van der Waals surface area contributed by atoms with Crippen LogP contribution in [0.3, 0.4) is 0 Å². The molecule has 1 aromatic rings. The molecule has 1 heterocycles. The molecule has 1 aromatic heterocycles. The first-order chi connectivity index (χ1) is 4.22. The smallest absolute Gasteiger partial charge is 0.293 e. The summed E-state index contributed by atoms with van der Waals surface area (Å²) in [4.78, 5) is 0. The average molecular weight is 126 g/mol. The van der Waals surface area contributed by atoms with E-state index < -0.39 is 0 Å². The summed E-state index contributed by atoms with van der Waals surface area (Å²) in [6.45, 7) is 0. The lowest BCUT2D eigenvalue weighted by molar-refractivity contribution is 0.332. The molecular weight excluding hydrogens is 120 g/mol. The van der Waals surface area contributed by atoms with Crippen LogP contribution in [-0.2, 0) is 0 Å². The van der Waals surface area contributed by atoms with Gasteiger partial charge in [0.25, 0.3) is 5.95 Å². The minimum Gasteiger partial charge on any atom is -0.480 e. The maximum absolute atomic E-state index is 8.73. The van der Waals surface area contributed by atoms with E-state index in [0.717, 1.165) is 0 Å². The molecule has 4 nitrogen and oxygen atoms in total. The van der Waals surface area contributed by atoms with Crippen LogP contribution in [0, 0.1) is 5.41 Å². The topological polar surface area (TPSA) is 83.2 Å². The molecule has 0 fully saturated rings. The van der Waals surface area contributed by atoms with Gasteiger partial charge in [-0.3, -0.25) is 5.41 Å². The van der Waals surface area contributed by atoms with Gasteiger partial charge in [-0.15, -0.1) is 0 Å². The molecule has 0 spiro atoms. The van der Waals surface area contributed by atoms with E-state index in [2.05, 4.69) is 4.42 Å². The van der Waals surface area contributed by atoms with Gasteiger partial charge in [-0.05, 0) is 6.07 Å². The highest BCUT2D eigenvalue weighted by Crippen LogP contribution is 2.15. The molecule has 48 valence electrons. The molecular formula is C5H6N2O2. The second kappa shape index (κ2) is 1.81. The van der Waals surface area contributed by atoms with E-state index >= 15 is 0 Å². The minimum absolute atomic E-state index is 0.193. The van der Waals surface area contributed by atoms with Gasteiger partial charge in [0, 0.05) is 0 Å². The van der Waals surface area contributed by atoms with E-state index in [1.54, 1.807) is 0 Å². The van der Waals surface area contributed by atoms with Crippen LogP contribution in [0.25, 0.3) is 0 Å². The number of rotatable bonds is 1. The Bertz CT molecular complexity index is 229. The zero-order chi connectivity index (χ0) is 6.85. The molecule has 4 N–H and O–H groups in total. The molecule has 0 amide bonds. The van der Waals surface area contributed by atoms with Crippen LogP contribution in [0.5, 0.6) is 5.95 Å². The van der Waals surface area contributed by atoms with E-state index in [1.807, 2.05) is 0 Å². The van der Waals surface area contributed by atoms with Gasteiger partial charge in [-0.25, -0.2) is 0 Å². The lowest BCUT2D eigenvalue weighted by atomic mass is 10.3. The van der Waals surface area contributed by atoms with Crippen LogP contribution in [0.15, 0.2) is 16.7 Å². The van der Waals surface area contributed by atoms with Crippen LogP contribution in [0.4, 0.5) is 0 Å². The molecule has 1 rings (SSSR count). The van der Waals surface area contributed by atoms with Gasteiger partial charge in [-0.1, -0.05) is 0 Å². The van der Waals surface area contributed by atoms with Crippen molar-refractivity contribution >= 4 is 5.84 Å². The first-order valence-corrected chi connectivity index (χ1v) is 2.32. The summed E-state index contributed by atoms with van der Waals surface area (Å²) in [5.74, 6) is -0.497. The molecule has 4 heteroatoms. The number of nitrogens with one attached hydrogen (secondary N) is 1. The number of nitrogens with two attached hydrogens (primary N) is 1. The second-order valence-electron chi connectivity index (χ2n) is 1.55. The van der Waals surface area contributed by atoms with Gasteiger partial charge in [-0.2, -0.15) is 0 Å². The van der Waals surface area contributed by atoms with Crippen molar-refractivity contribution in [2.75, 3.05) is 0 Å². The molecule has 9 heavy (non-hydrogen) atoms. The van der Waals surface area contributed by atoms with Crippen molar-refractivity contribution in [3.63, 3.8) is 0 Å². The highest BCUT2D eigenvalue weighted by atomic mass is 16.5. The molecule has 0 aromatic carbocycles. The third-order valence-electron chi connectivity index (χ3n) is 0.935. The maximum atomic E-state index is 8.73. The summed E-state index contributed by atoms with van der Waals surface area (Å²) in [6, 6.07) is 1.43. The van der Waals surface area contributed by atoms with E-state index in [9.17, 15) is 0 Å². The number of amidine groups is 1. The number of nitrogen functional groups attached to an aromatic ring is 1. The third-order valence-corrected chi connectivity index (χ3v) is 0.935. The summed E-state index contributed by atoms with van der Waals surface area (Å²) < 4.78 is 4.46. The van der Waals surface area contributed by atoms with Crippen LogP contribution in [-0.4, -0.2) is 10.9 Å². The third kappa shape index (κ3) is 0.861. The summed E-state index contributed by atoms with van der Waals surface area (Å²) >= 11 is 0. The first kappa shape index (κ1) is 5.68. The minimum atomic E-state index is -0.303. The zero-order valence-electron chi connectivity index (χ0n) is 4.59. The van der Waals surface area contributed by atoms with Gasteiger partial charge in [0.1, 0.15) is 5.84 Å². The van der Waals surface area contributed by atoms with Crippen LogP contribution in [0.1, 0.15) is 5.56 Å². The van der Waals surface area contributed by atoms with Crippen molar-refractivity contribution in [3.8, 4) is 5.95 Å². The number of aromatic hydroxyl groups is 1. The van der Waals surface area contributed by atoms with Gasteiger partial charge in [0.2, 0.25) is 0 Å². The Kier molecular flexibility index (Phi) is 1.14.